The summed E-state index contributed by atoms with van der Waals surface area (Å²) in [6.07, 6.45) is 1.88. The summed E-state index contributed by atoms with van der Waals surface area (Å²) in [5.41, 5.74) is 0.873. The normalized spacial score (nSPS) is 12.8. The number of H-pyrrole nitrogens is 2. The van der Waals surface area contributed by atoms with Crippen LogP contribution in [0, 0.1) is 6.92 Å². The molecule has 0 amide bonds. The molecule has 0 unspecified atom stereocenters. The minimum atomic E-state index is 0.00913. The first-order valence-electron chi connectivity index (χ1n) is 5.82. The largest absolute Gasteiger partial charge is 0.360 e. The third kappa shape index (κ3) is 1.92. The molecule has 3 rings (SSSR count). The monoisotopic (exact) mass is 242 g/mol. The van der Waals surface area contributed by atoms with E-state index in [0.717, 1.165) is 28.5 Å². The molecule has 0 saturated carbocycles. The van der Waals surface area contributed by atoms with Gasteiger partial charge in [-0.1, -0.05) is 0 Å². The lowest BCUT2D eigenvalue weighted by atomic mass is 10.3. The zero-order chi connectivity index (χ0) is 12.5. The van der Waals surface area contributed by atoms with Gasteiger partial charge in [0.25, 0.3) is 0 Å². The second-order valence-corrected chi connectivity index (χ2v) is 4.26. The van der Waals surface area contributed by atoms with Crippen molar-refractivity contribution in [2.75, 3.05) is 5.32 Å². The van der Waals surface area contributed by atoms with E-state index in [1.807, 2.05) is 38.2 Å². The third-order valence-electron chi connectivity index (χ3n) is 2.78. The fraction of sp³-hybridized carbons (Fsp3) is 0.250. The average Bonchev–Trinajstić information content (AvgIpc) is 2.96. The Bertz CT molecular complexity index is 668. The second-order valence-electron chi connectivity index (χ2n) is 4.26. The number of fused-ring (bicyclic) bond motifs is 1. The van der Waals surface area contributed by atoms with Gasteiger partial charge in [0, 0.05) is 11.6 Å². The number of hydrogen-bond donors (Lipinski definition) is 3. The van der Waals surface area contributed by atoms with E-state index in [1.54, 1.807) is 0 Å². The summed E-state index contributed by atoms with van der Waals surface area (Å²) in [7, 11) is 0. The number of aromatic nitrogens is 5. The lowest BCUT2D eigenvalue weighted by Crippen LogP contribution is -2.09. The fourth-order valence-electron chi connectivity index (χ4n) is 1.85. The van der Waals surface area contributed by atoms with Gasteiger partial charge in [-0.05, 0) is 32.0 Å². The van der Waals surface area contributed by atoms with E-state index in [4.69, 9.17) is 0 Å². The molecule has 0 fully saturated rings. The molecule has 0 saturated heterocycles. The summed E-state index contributed by atoms with van der Waals surface area (Å²) in [6, 6.07) is 5.98. The van der Waals surface area contributed by atoms with Crippen molar-refractivity contribution >= 4 is 16.9 Å². The molecule has 3 aromatic heterocycles. The Labute approximate surface area is 104 Å². The molecule has 0 spiro atoms. The maximum absolute atomic E-state index is 4.48. The van der Waals surface area contributed by atoms with Gasteiger partial charge >= 0.3 is 0 Å². The molecule has 1 atom stereocenters. The van der Waals surface area contributed by atoms with Crippen LogP contribution >= 0.6 is 0 Å². The van der Waals surface area contributed by atoms with Gasteiger partial charge in [-0.3, -0.25) is 5.10 Å². The summed E-state index contributed by atoms with van der Waals surface area (Å²) < 4.78 is 0. The van der Waals surface area contributed by atoms with Crippen molar-refractivity contribution in [3.8, 4) is 0 Å². The third-order valence-corrected chi connectivity index (χ3v) is 2.78. The van der Waals surface area contributed by atoms with Crippen molar-refractivity contribution in [1.29, 1.82) is 0 Å². The zero-order valence-electron chi connectivity index (χ0n) is 10.2. The van der Waals surface area contributed by atoms with Gasteiger partial charge in [0.1, 0.15) is 17.3 Å². The Kier molecular flexibility index (Phi) is 2.47. The highest BCUT2D eigenvalue weighted by Crippen LogP contribution is 2.17. The van der Waals surface area contributed by atoms with Crippen LogP contribution in [0.15, 0.2) is 24.4 Å². The van der Waals surface area contributed by atoms with Crippen LogP contribution in [0.5, 0.6) is 0 Å². The quantitative estimate of drug-likeness (QED) is 0.657. The Balaban J connectivity index is 1.83. The fourth-order valence-corrected chi connectivity index (χ4v) is 1.85. The minimum absolute atomic E-state index is 0.00913. The van der Waals surface area contributed by atoms with E-state index in [-0.39, 0.29) is 6.04 Å². The van der Waals surface area contributed by atoms with Crippen LogP contribution in [0.3, 0.4) is 0 Å². The number of rotatable bonds is 3. The standard InChI is InChI=1S/C12H14N6/c1-7(11-15-8(2)17-18-11)14-10-4-3-9-5-6-13-12(9)16-10/h3-7H,1-2H3,(H2,13,14,16)(H,15,17,18)/t7-/m0/s1. The molecule has 3 aromatic rings. The summed E-state index contributed by atoms with van der Waals surface area (Å²) in [5.74, 6) is 2.35. The van der Waals surface area contributed by atoms with Gasteiger partial charge < -0.3 is 10.3 Å². The van der Waals surface area contributed by atoms with Gasteiger partial charge in [0.2, 0.25) is 0 Å². The van der Waals surface area contributed by atoms with Crippen molar-refractivity contribution < 1.29 is 0 Å². The van der Waals surface area contributed by atoms with Gasteiger partial charge in [0.15, 0.2) is 5.82 Å². The Hall–Kier alpha value is -2.37. The molecule has 6 nitrogen and oxygen atoms in total. The Morgan fingerprint density at radius 1 is 1.22 bits per heavy atom. The molecule has 18 heavy (non-hydrogen) atoms. The van der Waals surface area contributed by atoms with Crippen LogP contribution in [0.1, 0.15) is 24.6 Å². The van der Waals surface area contributed by atoms with Crippen LogP contribution in [0.25, 0.3) is 11.0 Å². The molecule has 0 aromatic carbocycles. The molecule has 92 valence electrons. The molecule has 0 aliphatic heterocycles. The number of nitrogens with zero attached hydrogens (tertiary/aromatic N) is 3. The highest BCUT2D eigenvalue weighted by molar-refractivity contribution is 5.77. The van der Waals surface area contributed by atoms with Crippen molar-refractivity contribution in [3.05, 3.63) is 36.0 Å². The van der Waals surface area contributed by atoms with E-state index in [1.165, 1.54) is 0 Å². The first-order chi connectivity index (χ1) is 8.72. The van der Waals surface area contributed by atoms with E-state index in [2.05, 4.69) is 30.5 Å². The Morgan fingerprint density at radius 2 is 2.11 bits per heavy atom. The number of hydrogen-bond acceptors (Lipinski definition) is 4. The lowest BCUT2D eigenvalue weighted by Gasteiger charge is -2.10. The van der Waals surface area contributed by atoms with Gasteiger partial charge in [-0.15, -0.1) is 0 Å². The van der Waals surface area contributed by atoms with Gasteiger partial charge in [-0.2, -0.15) is 5.10 Å². The highest BCUT2D eigenvalue weighted by atomic mass is 15.2. The number of nitrogens with one attached hydrogen (secondary N) is 3. The lowest BCUT2D eigenvalue weighted by molar-refractivity contribution is 0.791. The molecular formula is C12H14N6. The molecule has 6 heteroatoms. The first kappa shape index (κ1) is 10.8. The van der Waals surface area contributed by atoms with E-state index < -0.39 is 0 Å². The number of anilines is 1. The molecule has 0 bridgehead atoms. The SMILES string of the molecule is Cc1nc([C@H](C)Nc2ccc3cc[nH]c3n2)n[nH]1. The maximum atomic E-state index is 4.48. The van der Waals surface area contributed by atoms with Crippen LogP contribution in [-0.4, -0.2) is 25.1 Å². The molecule has 0 radical (unpaired) electrons. The van der Waals surface area contributed by atoms with E-state index in [9.17, 15) is 0 Å². The predicted molar refractivity (Wildman–Crippen MR) is 69.3 cm³/mol. The Morgan fingerprint density at radius 3 is 2.89 bits per heavy atom. The van der Waals surface area contributed by atoms with Gasteiger partial charge in [-0.25, -0.2) is 9.97 Å². The first-order valence-corrected chi connectivity index (χ1v) is 5.82. The summed E-state index contributed by atoms with van der Waals surface area (Å²) in [5, 5.41) is 11.3. The average molecular weight is 242 g/mol. The molecular weight excluding hydrogens is 228 g/mol. The van der Waals surface area contributed by atoms with E-state index in [0.29, 0.717) is 0 Å². The zero-order valence-corrected chi connectivity index (χ0v) is 10.2. The van der Waals surface area contributed by atoms with Crippen molar-refractivity contribution in [2.24, 2.45) is 0 Å². The molecule has 3 heterocycles. The van der Waals surface area contributed by atoms with Crippen molar-refractivity contribution in [3.63, 3.8) is 0 Å². The van der Waals surface area contributed by atoms with Crippen LogP contribution in [-0.2, 0) is 0 Å². The van der Waals surface area contributed by atoms with Crippen LogP contribution < -0.4 is 5.32 Å². The second kappa shape index (κ2) is 4.14. The predicted octanol–water partition coefficient (Wildman–Crippen LogP) is 2.16. The van der Waals surface area contributed by atoms with E-state index >= 15 is 0 Å². The smallest absolute Gasteiger partial charge is 0.172 e. The molecule has 0 aliphatic rings. The summed E-state index contributed by atoms with van der Waals surface area (Å²) in [4.78, 5) is 11.9. The number of pyridine rings is 1. The summed E-state index contributed by atoms with van der Waals surface area (Å²) >= 11 is 0. The minimum Gasteiger partial charge on any atom is -0.360 e. The maximum Gasteiger partial charge on any atom is 0.172 e. The van der Waals surface area contributed by atoms with Crippen molar-refractivity contribution in [1.82, 2.24) is 25.1 Å². The van der Waals surface area contributed by atoms with Gasteiger partial charge in [0.05, 0.1) is 6.04 Å². The number of aryl methyl sites for hydroxylation is 1. The number of aromatic amines is 2. The molecule has 0 aliphatic carbocycles. The topological polar surface area (TPSA) is 82.3 Å². The van der Waals surface area contributed by atoms with Crippen molar-refractivity contribution in [2.45, 2.75) is 19.9 Å². The molecule has 3 N–H and O–H groups in total. The van der Waals surface area contributed by atoms with Crippen LogP contribution in [0.4, 0.5) is 5.82 Å². The highest BCUT2D eigenvalue weighted by Gasteiger charge is 2.11. The summed E-state index contributed by atoms with van der Waals surface area (Å²) in [6.45, 7) is 3.88. The van der Waals surface area contributed by atoms with Crippen LogP contribution in [0.2, 0.25) is 0 Å².